The summed E-state index contributed by atoms with van der Waals surface area (Å²) in [6.45, 7) is -0.0888. The molecule has 1 aliphatic carbocycles. The third kappa shape index (κ3) is 3.73. The van der Waals surface area contributed by atoms with Crippen molar-refractivity contribution in [1.29, 1.82) is 0 Å². The molecule has 1 N–H and O–H groups in total. The van der Waals surface area contributed by atoms with Crippen LogP contribution in [0.25, 0.3) is 0 Å². The molecule has 7 heteroatoms. The van der Waals surface area contributed by atoms with Gasteiger partial charge in [-0.25, -0.2) is 8.42 Å². The lowest BCUT2D eigenvalue weighted by Crippen LogP contribution is -2.51. The minimum atomic E-state index is -3.85. The zero-order valence-corrected chi connectivity index (χ0v) is 18.3. The Morgan fingerprint density at radius 2 is 1.66 bits per heavy atom. The van der Waals surface area contributed by atoms with E-state index in [9.17, 15) is 13.2 Å². The quantitative estimate of drug-likeness (QED) is 0.658. The van der Waals surface area contributed by atoms with Gasteiger partial charge in [-0.05, 0) is 54.7 Å². The zero-order chi connectivity index (χ0) is 22.1. The second kappa shape index (κ2) is 8.31. The molecule has 0 aromatic heterocycles. The first kappa shape index (κ1) is 20.6. The van der Waals surface area contributed by atoms with E-state index in [1.807, 2.05) is 18.2 Å². The normalized spacial score (nSPS) is 19.9. The highest BCUT2D eigenvalue weighted by molar-refractivity contribution is 7.92. The Labute approximate surface area is 187 Å². The second-order valence-electron chi connectivity index (χ2n) is 8.08. The highest BCUT2D eigenvalue weighted by Gasteiger charge is 2.38. The number of hydrogen-bond acceptors (Lipinski definition) is 4. The standard InChI is InChI=1S/C25H24N2O4S/c28-25(26-21-14-8-10-18-9-4-5-13-20(18)21)24-17-27(22-15-6-7-16-23(22)31-24)32(29,30)19-11-2-1-3-12-19/h1-7,9,11-13,15-16,21,24H,8,10,14,17H2,(H,26,28). The number of benzene rings is 3. The van der Waals surface area contributed by atoms with Gasteiger partial charge >= 0.3 is 0 Å². The summed E-state index contributed by atoms with van der Waals surface area (Å²) in [5.74, 6) is 0.0666. The molecule has 32 heavy (non-hydrogen) atoms. The molecule has 5 rings (SSSR count). The molecule has 0 fully saturated rings. The summed E-state index contributed by atoms with van der Waals surface area (Å²) in [6.07, 6.45) is 1.89. The fourth-order valence-electron chi connectivity index (χ4n) is 4.45. The van der Waals surface area contributed by atoms with Crippen LogP contribution in [0.15, 0.2) is 83.8 Å². The van der Waals surface area contributed by atoms with Gasteiger partial charge in [-0.3, -0.25) is 9.10 Å². The highest BCUT2D eigenvalue weighted by Crippen LogP contribution is 2.37. The second-order valence-corrected chi connectivity index (χ2v) is 9.94. The van der Waals surface area contributed by atoms with E-state index in [1.165, 1.54) is 9.87 Å². The van der Waals surface area contributed by atoms with Crippen molar-refractivity contribution in [3.63, 3.8) is 0 Å². The van der Waals surface area contributed by atoms with Crippen LogP contribution in [-0.4, -0.2) is 27.0 Å². The molecule has 0 saturated heterocycles. The van der Waals surface area contributed by atoms with Crippen LogP contribution in [0.5, 0.6) is 5.75 Å². The van der Waals surface area contributed by atoms with Crippen LogP contribution in [0.4, 0.5) is 5.69 Å². The number of anilines is 1. The molecule has 2 aliphatic rings. The van der Waals surface area contributed by atoms with E-state index >= 15 is 0 Å². The maximum Gasteiger partial charge on any atom is 0.264 e. The summed E-state index contributed by atoms with van der Waals surface area (Å²) in [5, 5.41) is 3.10. The summed E-state index contributed by atoms with van der Waals surface area (Å²) in [4.78, 5) is 13.4. The van der Waals surface area contributed by atoms with Gasteiger partial charge in [-0.15, -0.1) is 0 Å². The first-order valence-corrected chi connectivity index (χ1v) is 12.2. The van der Waals surface area contributed by atoms with Gasteiger partial charge in [0.25, 0.3) is 15.9 Å². The SMILES string of the molecule is O=C(NC1CCCc2ccccc21)C1CN(S(=O)(=O)c2ccccc2)c2ccccc2O1. The predicted molar refractivity (Wildman–Crippen MR) is 122 cm³/mol. The molecule has 0 bridgehead atoms. The number of hydrogen-bond donors (Lipinski definition) is 1. The number of para-hydroxylation sites is 2. The van der Waals surface area contributed by atoms with Crippen LogP contribution in [-0.2, 0) is 21.2 Å². The molecule has 3 aromatic rings. The van der Waals surface area contributed by atoms with Gasteiger partial charge in [-0.2, -0.15) is 0 Å². The van der Waals surface area contributed by atoms with E-state index < -0.39 is 16.1 Å². The molecule has 1 amide bonds. The molecule has 0 saturated carbocycles. The third-order valence-electron chi connectivity index (χ3n) is 6.04. The van der Waals surface area contributed by atoms with Crippen molar-refractivity contribution in [2.24, 2.45) is 0 Å². The van der Waals surface area contributed by atoms with Crippen LogP contribution in [0.3, 0.4) is 0 Å². The van der Waals surface area contributed by atoms with E-state index in [0.29, 0.717) is 11.4 Å². The Hall–Kier alpha value is -3.32. The summed E-state index contributed by atoms with van der Waals surface area (Å²) >= 11 is 0. The van der Waals surface area contributed by atoms with Crippen molar-refractivity contribution >= 4 is 21.6 Å². The molecule has 2 unspecified atom stereocenters. The highest BCUT2D eigenvalue weighted by atomic mass is 32.2. The maximum absolute atomic E-state index is 13.4. The number of sulfonamides is 1. The molecule has 1 aliphatic heterocycles. The van der Waals surface area contributed by atoms with Crippen LogP contribution < -0.4 is 14.4 Å². The lowest BCUT2D eigenvalue weighted by molar-refractivity contribution is -0.128. The maximum atomic E-state index is 13.4. The van der Waals surface area contributed by atoms with Gasteiger partial charge < -0.3 is 10.1 Å². The summed E-state index contributed by atoms with van der Waals surface area (Å²) in [7, 11) is -3.85. The fraction of sp³-hybridized carbons (Fsp3) is 0.240. The van der Waals surface area contributed by atoms with Crippen molar-refractivity contribution < 1.29 is 17.9 Å². The van der Waals surface area contributed by atoms with Crippen molar-refractivity contribution in [3.8, 4) is 5.75 Å². The number of carbonyl (C=O) groups is 1. The average Bonchev–Trinajstić information content (AvgIpc) is 2.84. The van der Waals surface area contributed by atoms with Gasteiger partial charge in [0.2, 0.25) is 0 Å². The van der Waals surface area contributed by atoms with E-state index in [2.05, 4.69) is 11.4 Å². The van der Waals surface area contributed by atoms with Gasteiger partial charge in [-0.1, -0.05) is 54.6 Å². The summed E-state index contributed by atoms with van der Waals surface area (Å²) < 4.78 is 34.1. The van der Waals surface area contributed by atoms with Gasteiger partial charge in [0.15, 0.2) is 6.10 Å². The Morgan fingerprint density at radius 1 is 0.938 bits per heavy atom. The molecule has 2 atom stereocenters. The number of nitrogens with zero attached hydrogens (tertiary/aromatic N) is 1. The topological polar surface area (TPSA) is 75.7 Å². The summed E-state index contributed by atoms with van der Waals surface area (Å²) in [5.41, 5.74) is 2.80. The van der Waals surface area contributed by atoms with Gasteiger partial charge in [0.05, 0.1) is 23.2 Å². The Kier molecular flexibility index (Phi) is 5.35. The Morgan fingerprint density at radius 3 is 2.50 bits per heavy atom. The Bertz CT molecular complexity index is 1240. The van der Waals surface area contributed by atoms with Gasteiger partial charge in [0.1, 0.15) is 5.75 Å². The molecule has 164 valence electrons. The van der Waals surface area contributed by atoms with Crippen molar-refractivity contribution in [3.05, 3.63) is 90.0 Å². The van der Waals surface area contributed by atoms with Crippen LogP contribution in [0.1, 0.15) is 30.0 Å². The smallest absolute Gasteiger partial charge is 0.264 e. The fourth-order valence-corrected chi connectivity index (χ4v) is 5.95. The van der Waals surface area contributed by atoms with Crippen LogP contribution in [0.2, 0.25) is 0 Å². The molecule has 0 spiro atoms. The Balaban J connectivity index is 1.44. The predicted octanol–water partition coefficient (Wildman–Crippen LogP) is 3.84. The number of ether oxygens (including phenoxy) is 1. The minimum Gasteiger partial charge on any atom is -0.476 e. The van der Waals surface area contributed by atoms with E-state index in [1.54, 1.807) is 54.6 Å². The van der Waals surface area contributed by atoms with Gasteiger partial charge in [0, 0.05) is 0 Å². The minimum absolute atomic E-state index is 0.0888. The molecule has 0 radical (unpaired) electrons. The first-order chi connectivity index (χ1) is 15.5. The van der Waals surface area contributed by atoms with E-state index in [-0.39, 0.29) is 23.4 Å². The molecular weight excluding hydrogens is 424 g/mol. The van der Waals surface area contributed by atoms with Crippen LogP contribution in [0, 0.1) is 0 Å². The largest absolute Gasteiger partial charge is 0.476 e. The number of carbonyl (C=O) groups excluding carboxylic acids is 1. The van der Waals surface area contributed by atoms with Crippen molar-refractivity contribution in [2.45, 2.75) is 36.3 Å². The number of aryl methyl sites for hydroxylation is 1. The monoisotopic (exact) mass is 448 g/mol. The number of nitrogens with one attached hydrogen (secondary N) is 1. The van der Waals surface area contributed by atoms with Crippen LogP contribution >= 0.6 is 0 Å². The summed E-state index contributed by atoms with van der Waals surface area (Å²) in [6, 6.07) is 23.2. The first-order valence-electron chi connectivity index (χ1n) is 10.8. The third-order valence-corrected chi connectivity index (χ3v) is 7.84. The molecular formula is C25H24N2O4S. The average molecular weight is 449 g/mol. The van der Waals surface area contributed by atoms with Crippen molar-refractivity contribution in [2.75, 3.05) is 10.8 Å². The zero-order valence-electron chi connectivity index (χ0n) is 17.5. The number of amides is 1. The number of rotatable bonds is 4. The van der Waals surface area contributed by atoms with Crippen molar-refractivity contribution in [1.82, 2.24) is 5.32 Å². The molecule has 6 nitrogen and oxygen atoms in total. The molecule has 3 aromatic carbocycles. The number of fused-ring (bicyclic) bond motifs is 2. The lowest BCUT2D eigenvalue weighted by Gasteiger charge is -2.35. The molecule has 1 heterocycles. The van der Waals surface area contributed by atoms with E-state index in [0.717, 1.165) is 24.8 Å². The lowest BCUT2D eigenvalue weighted by atomic mass is 9.87. The van der Waals surface area contributed by atoms with E-state index in [4.69, 9.17) is 4.74 Å².